The molecule has 0 spiro atoms. The number of aliphatic carboxylic acids is 1. The van der Waals surface area contributed by atoms with E-state index in [1.807, 2.05) is 12.1 Å². The van der Waals surface area contributed by atoms with Gasteiger partial charge < -0.3 is 14.6 Å². The molecule has 0 aromatic heterocycles. The molecule has 28 heavy (non-hydrogen) atoms. The molecule has 0 aliphatic carbocycles. The lowest BCUT2D eigenvalue weighted by Crippen LogP contribution is -2.34. The number of ether oxygens (including phenoxy) is 2. The Morgan fingerprint density at radius 2 is 2.04 bits per heavy atom. The number of carbonyl (C=O) groups is 1. The fourth-order valence-corrected chi connectivity index (χ4v) is 3.51. The number of hydrogen-bond acceptors (Lipinski definition) is 3. The van der Waals surface area contributed by atoms with Gasteiger partial charge in [0, 0.05) is 6.42 Å². The molecule has 0 saturated heterocycles. The van der Waals surface area contributed by atoms with Gasteiger partial charge in [-0.15, -0.1) is 0 Å². The number of benzene rings is 1. The molecule has 0 amide bonds. The average molecular weight is 389 g/mol. The molecule has 156 valence electrons. The molecule has 1 aromatic rings. The SMILES string of the molecule is CCCCCCCC=CC1(C)CCc2cc(OCCCCC(=O)O)ccc2O1. The van der Waals surface area contributed by atoms with E-state index in [0.29, 0.717) is 13.0 Å². The molecule has 0 radical (unpaired) electrons. The highest BCUT2D eigenvalue weighted by Gasteiger charge is 2.29. The van der Waals surface area contributed by atoms with Crippen molar-refractivity contribution in [3.05, 3.63) is 35.9 Å². The molecule has 1 aliphatic heterocycles. The van der Waals surface area contributed by atoms with Crippen molar-refractivity contribution >= 4 is 5.97 Å². The molecule has 0 saturated carbocycles. The van der Waals surface area contributed by atoms with Gasteiger partial charge in [-0.2, -0.15) is 0 Å². The minimum absolute atomic E-state index is 0.201. The number of carboxylic acids is 1. The topological polar surface area (TPSA) is 55.8 Å². The molecule has 1 aliphatic rings. The number of carboxylic acid groups (broad SMARTS) is 1. The summed E-state index contributed by atoms with van der Waals surface area (Å²) in [6.07, 6.45) is 15.7. The fraction of sp³-hybridized carbons (Fsp3) is 0.625. The van der Waals surface area contributed by atoms with E-state index in [4.69, 9.17) is 14.6 Å². The third kappa shape index (κ3) is 7.95. The predicted molar refractivity (Wildman–Crippen MR) is 113 cm³/mol. The summed E-state index contributed by atoms with van der Waals surface area (Å²) >= 11 is 0. The first-order valence-corrected chi connectivity index (χ1v) is 10.9. The Morgan fingerprint density at radius 3 is 2.82 bits per heavy atom. The first-order valence-electron chi connectivity index (χ1n) is 10.9. The maximum absolute atomic E-state index is 10.5. The quantitative estimate of drug-likeness (QED) is 0.317. The van der Waals surface area contributed by atoms with Gasteiger partial charge in [0.15, 0.2) is 0 Å². The van der Waals surface area contributed by atoms with Crippen LogP contribution in [0, 0.1) is 0 Å². The third-order valence-electron chi connectivity index (χ3n) is 5.26. The Kier molecular flexibility index (Phi) is 9.39. The first-order chi connectivity index (χ1) is 13.5. The van der Waals surface area contributed by atoms with Crippen LogP contribution >= 0.6 is 0 Å². The second-order valence-corrected chi connectivity index (χ2v) is 7.99. The molecule has 0 fully saturated rings. The zero-order valence-corrected chi connectivity index (χ0v) is 17.5. The van der Waals surface area contributed by atoms with E-state index >= 15 is 0 Å². The number of fused-ring (bicyclic) bond motifs is 1. The summed E-state index contributed by atoms with van der Waals surface area (Å²) in [7, 11) is 0. The van der Waals surface area contributed by atoms with E-state index in [1.165, 1.54) is 37.7 Å². The summed E-state index contributed by atoms with van der Waals surface area (Å²) in [5.74, 6) is 1.03. The van der Waals surface area contributed by atoms with Crippen LogP contribution in [0.15, 0.2) is 30.4 Å². The number of unbranched alkanes of at least 4 members (excludes halogenated alkanes) is 6. The Balaban J connectivity index is 1.77. The van der Waals surface area contributed by atoms with E-state index in [1.54, 1.807) is 0 Å². The van der Waals surface area contributed by atoms with Gasteiger partial charge in [-0.3, -0.25) is 4.79 Å². The number of allylic oxidation sites excluding steroid dienone is 1. The minimum Gasteiger partial charge on any atom is -0.494 e. The van der Waals surface area contributed by atoms with Crippen LogP contribution in [0.25, 0.3) is 0 Å². The van der Waals surface area contributed by atoms with Crippen molar-refractivity contribution in [3.8, 4) is 11.5 Å². The summed E-state index contributed by atoms with van der Waals surface area (Å²) in [6.45, 7) is 4.96. The van der Waals surface area contributed by atoms with Crippen LogP contribution in [0.2, 0.25) is 0 Å². The number of aryl methyl sites for hydroxylation is 1. The van der Waals surface area contributed by atoms with Crippen molar-refractivity contribution in [2.24, 2.45) is 0 Å². The molecule has 2 rings (SSSR count). The lowest BCUT2D eigenvalue weighted by molar-refractivity contribution is -0.137. The predicted octanol–water partition coefficient (Wildman–Crippen LogP) is 6.32. The average Bonchev–Trinajstić information content (AvgIpc) is 2.67. The van der Waals surface area contributed by atoms with Crippen LogP contribution in [0.4, 0.5) is 0 Å². The van der Waals surface area contributed by atoms with Crippen molar-refractivity contribution in [1.29, 1.82) is 0 Å². The van der Waals surface area contributed by atoms with Crippen molar-refractivity contribution in [1.82, 2.24) is 0 Å². The van der Waals surface area contributed by atoms with Crippen molar-refractivity contribution in [2.45, 2.75) is 90.1 Å². The van der Waals surface area contributed by atoms with Crippen molar-refractivity contribution in [3.63, 3.8) is 0 Å². The smallest absolute Gasteiger partial charge is 0.303 e. The van der Waals surface area contributed by atoms with Crippen LogP contribution in [-0.4, -0.2) is 23.3 Å². The largest absolute Gasteiger partial charge is 0.494 e. The van der Waals surface area contributed by atoms with Crippen LogP contribution < -0.4 is 9.47 Å². The second-order valence-electron chi connectivity index (χ2n) is 7.99. The number of hydrogen-bond donors (Lipinski definition) is 1. The molecule has 4 heteroatoms. The van der Waals surface area contributed by atoms with Crippen LogP contribution in [0.5, 0.6) is 11.5 Å². The molecule has 1 unspecified atom stereocenters. The molecule has 1 N–H and O–H groups in total. The molecule has 1 atom stereocenters. The maximum atomic E-state index is 10.5. The third-order valence-corrected chi connectivity index (χ3v) is 5.26. The van der Waals surface area contributed by atoms with E-state index in [-0.39, 0.29) is 12.0 Å². The standard InChI is InChI=1S/C24H36O4/c1-3-4-5-6-7-8-10-16-24(2)17-15-20-19-21(13-14-22(20)28-24)27-18-11-9-12-23(25)26/h10,13-14,16,19H,3-9,11-12,15,17-18H2,1-2H3,(H,25,26). The lowest BCUT2D eigenvalue weighted by atomic mass is 9.91. The van der Waals surface area contributed by atoms with Crippen molar-refractivity contribution in [2.75, 3.05) is 6.61 Å². The van der Waals surface area contributed by atoms with Gasteiger partial charge in [0.25, 0.3) is 0 Å². The van der Waals surface area contributed by atoms with Gasteiger partial charge in [0.05, 0.1) is 6.61 Å². The molecule has 1 aromatic carbocycles. The minimum atomic E-state index is -0.750. The highest BCUT2D eigenvalue weighted by molar-refractivity contribution is 5.66. The van der Waals surface area contributed by atoms with Crippen LogP contribution in [-0.2, 0) is 11.2 Å². The summed E-state index contributed by atoms with van der Waals surface area (Å²) in [5.41, 5.74) is 0.962. The number of rotatable bonds is 13. The van der Waals surface area contributed by atoms with Gasteiger partial charge in [-0.1, -0.05) is 38.7 Å². The zero-order chi connectivity index (χ0) is 20.2. The van der Waals surface area contributed by atoms with Gasteiger partial charge in [0.1, 0.15) is 17.1 Å². The van der Waals surface area contributed by atoms with E-state index < -0.39 is 5.97 Å². The monoisotopic (exact) mass is 388 g/mol. The summed E-state index contributed by atoms with van der Waals surface area (Å²) < 4.78 is 12.0. The summed E-state index contributed by atoms with van der Waals surface area (Å²) in [6, 6.07) is 6.00. The zero-order valence-electron chi connectivity index (χ0n) is 17.5. The highest BCUT2D eigenvalue weighted by atomic mass is 16.5. The normalized spacial score (nSPS) is 18.6. The molecule has 1 heterocycles. The van der Waals surface area contributed by atoms with Crippen LogP contribution in [0.1, 0.15) is 83.6 Å². The first kappa shape index (κ1) is 22.3. The van der Waals surface area contributed by atoms with Gasteiger partial charge in [0.2, 0.25) is 0 Å². The summed E-state index contributed by atoms with van der Waals surface area (Å²) in [5, 5.41) is 8.66. The summed E-state index contributed by atoms with van der Waals surface area (Å²) in [4.78, 5) is 10.5. The Hall–Kier alpha value is -1.97. The highest BCUT2D eigenvalue weighted by Crippen LogP contribution is 2.36. The maximum Gasteiger partial charge on any atom is 0.303 e. The van der Waals surface area contributed by atoms with Gasteiger partial charge in [-0.05, 0) is 75.3 Å². The Labute approximate surface area is 169 Å². The second kappa shape index (κ2) is 11.8. The van der Waals surface area contributed by atoms with E-state index in [2.05, 4.69) is 32.1 Å². The van der Waals surface area contributed by atoms with Crippen LogP contribution in [0.3, 0.4) is 0 Å². The van der Waals surface area contributed by atoms with E-state index in [9.17, 15) is 4.79 Å². The van der Waals surface area contributed by atoms with Gasteiger partial charge in [-0.25, -0.2) is 0 Å². The molecule has 4 nitrogen and oxygen atoms in total. The van der Waals surface area contributed by atoms with Crippen molar-refractivity contribution < 1.29 is 19.4 Å². The van der Waals surface area contributed by atoms with Gasteiger partial charge >= 0.3 is 5.97 Å². The Bertz CT molecular complexity index is 637. The lowest BCUT2D eigenvalue weighted by Gasteiger charge is -2.33. The molecular formula is C24H36O4. The molecule has 0 bridgehead atoms. The Morgan fingerprint density at radius 1 is 1.21 bits per heavy atom. The van der Waals surface area contributed by atoms with E-state index in [0.717, 1.165) is 37.2 Å². The molecular weight excluding hydrogens is 352 g/mol. The fourth-order valence-electron chi connectivity index (χ4n) is 3.51.